The Balaban J connectivity index is 1.77. The maximum Gasteiger partial charge on any atom is 0.313 e. The molecule has 3 amide bonds. The molecule has 0 radical (unpaired) electrons. The molecule has 3 aliphatic rings. The average molecular weight is 761 g/mol. The van der Waals surface area contributed by atoms with E-state index in [0.29, 0.717) is 31.4 Å². The Morgan fingerprint density at radius 3 is 2.54 bits per heavy atom. The molecule has 3 fully saturated rings. The van der Waals surface area contributed by atoms with Crippen LogP contribution < -0.4 is 5.32 Å². The number of ether oxygens (including phenoxy) is 3. The van der Waals surface area contributed by atoms with Gasteiger partial charge in [0.2, 0.25) is 17.7 Å². The Kier molecular flexibility index (Phi) is 14.2. The summed E-state index contributed by atoms with van der Waals surface area (Å²) in [6.07, 6.45) is 4.93. The highest BCUT2D eigenvalue weighted by Gasteiger charge is 2.77. The Morgan fingerprint density at radius 2 is 1.94 bits per heavy atom. The van der Waals surface area contributed by atoms with Gasteiger partial charge in [-0.2, -0.15) is 0 Å². The molecule has 1 unspecified atom stereocenters. The van der Waals surface area contributed by atoms with E-state index in [2.05, 4.69) is 34.4 Å². The van der Waals surface area contributed by atoms with Crippen LogP contribution in [0.2, 0.25) is 0 Å². The summed E-state index contributed by atoms with van der Waals surface area (Å²) in [5.74, 6) is -3.80. The minimum absolute atomic E-state index is 0.0545. The van der Waals surface area contributed by atoms with Crippen molar-refractivity contribution in [1.82, 2.24) is 15.1 Å². The summed E-state index contributed by atoms with van der Waals surface area (Å²) < 4.78 is 18.6. The van der Waals surface area contributed by atoms with Crippen LogP contribution in [0, 0.1) is 17.8 Å². The molecule has 1 aromatic rings. The number of alkyl halides is 1. The second kappa shape index (κ2) is 17.9. The molecule has 3 saturated heterocycles. The number of nitrogens with zero attached hydrogens (tertiary/aromatic N) is 2. The van der Waals surface area contributed by atoms with Crippen molar-refractivity contribution in [3.8, 4) is 0 Å². The molecule has 3 aliphatic heterocycles. The third-order valence-electron chi connectivity index (χ3n) is 10.5. The van der Waals surface area contributed by atoms with Gasteiger partial charge >= 0.3 is 5.97 Å². The van der Waals surface area contributed by atoms with Gasteiger partial charge in [0, 0.05) is 31.4 Å². The van der Waals surface area contributed by atoms with Crippen LogP contribution in [-0.4, -0.2) is 107 Å². The molecule has 50 heavy (non-hydrogen) atoms. The fourth-order valence-corrected chi connectivity index (χ4v) is 8.82. The minimum Gasteiger partial charge on any atom is -0.455 e. The maximum atomic E-state index is 14.8. The molecule has 11 nitrogen and oxygen atoms in total. The van der Waals surface area contributed by atoms with Crippen molar-refractivity contribution in [2.75, 3.05) is 33.4 Å². The Morgan fingerprint density at radius 1 is 1.22 bits per heavy atom. The van der Waals surface area contributed by atoms with E-state index in [9.17, 15) is 24.3 Å². The zero-order valence-electron chi connectivity index (χ0n) is 29.8. The summed E-state index contributed by atoms with van der Waals surface area (Å²) in [5, 5.41) is 13.7. The lowest BCUT2D eigenvalue weighted by Gasteiger charge is -2.41. The number of nitrogens with one attached hydrogen (secondary N) is 1. The number of hydrogen-bond donors (Lipinski definition) is 2. The van der Waals surface area contributed by atoms with E-state index in [-0.39, 0.29) is 48.7 Å². The third-order valence-corrected chi connectivity index (χ3v) is 11.4. The molecule has 2 bridgehead atoms. The molecule has 3 heterocycles. The number of unbranched alkanes of at least 4 members (excludes halogenated alkanes) is 1. The standard InChI is InChI=1S/C38H54BrN3O8/c1-7-11-18-29(44)40-27(23-48-6)32(25-16-14-13-15-17-25)49-37(47)30-31-35(45)42(28(22-43)24(5)10-4)34(38(31)21-26(39)33(30)50-38)36(46)41(19-9-3)20-12-8-2/h7,9,13-17,24,26-28,30-34,43H,1,3,8,10-12,18-23H2,2,4-6H3,(H,40,44)/t24-,26?,27+,28-,30-,31+,32+,33-,34-,38+/m0/s1. The zero-order valence-corrected chi connectivity index (χ0v) is 31.4. The number of aliphatic hydroxyl groups is 1. The number of methoxy groups -OCH3 is 1. The summed E-state index contributed by atoms with van der Waals surface area (Å²) in [6, 6.07) is 6.63. The fourth-order valence-electron chi connectivity index (χ4n) is 7.88. The van der Waals surface area contributed by atoms with Crippen molar-refractivity contribution in [1.29, 1.82) is 0 Å². The number of halogens is 1. The topological polar surface area (TPSA) is 135 Å². The van der Waals surface area contributed by atoms with Crippen LogP contribution in [0.5, 0.6) is 0 Å². The second-order valence-corrected chi connectivity index (χ2v) is 14.9. The van der Waals surface area contributed by atoms with Crippen LogP contribution in [0.3, 0.4) is 0 Å². The maximum absolute atomic E-state index is 14.8. The number of hydrogen-bond acceptors (Lipinski definition) is 8. The molecule has 1 spiro atoms. The van der Waals surface area contributed by atoms with Crippen molar-refractivity contribution >= 4 is 39.6 Å². The van der Waals surface area contributed by atoms with Gasteiger partial charge in [0.05, 0.1) is 43.2 Å². The van der Waals surface area contributed by atoms with Crippen LogP contribution >= 0.6 is 15.9 Å². The minimum atomic E-state index is -1.32. The number of allylic oxidation sites excluding steroid dienone is 1. The van der Waals surface area contributed by atoms with E-state index in [0.717, 1.165) is 12.8 Å². The van der Waals surface area contributed by atoms with Crippen molar-refractivity contribution in [2.45, 2.75) is 100 Å². The molecule has 12 heteroatoms. The van der Waals surface area contributed by atoms with E-state index in [1.807, 2.05) is 51.1 Å². The number of fused-ring (bicyclic) bond motifs is 1. The van der Waals surface area contributed by atoms with Crippen molar-refractivity contribution in [2.24, 2.45) is 17.8 Å². The largest absolute Gasteiger partial charge is 0.455 e. The molecular formula is C38H54BrN3O8. The van der Waals surface area contributed by atoms with Crippen molar-refractivity contribution in [3.05, 3.63) is 61.2 Å². The number of esters is 1. The lowest BCUT2D eigenvalue weighted by atomic mass is 9.70. The number of amides is 3. The molecule has 0 aliphatic carbocycles. The zero-order chi connectivity index (χ0) is 36.6. The Bertz CT molecular complexity index is 1360. The predicted octanol–water partition coefficient (Wildman–Crippen LogP) is 4.34. The normalized spacial score (nSPS) is 27.6. The SMILES string of the molecule is C=CCCC(=O)N[C@H](COC)[C@H](OC(=O)[C@@H]1[C@H]2O[C@@]3(CC2Br)[C@H](C(=O)N(CC=C)CCCC)N([C@@H](CO)[C@@H](C)CC)C(=O)[C@@H]13)c1ccccc1. The molecule has 0 aromatic heterocycles. The molecule has 1 aromatic carbocycles. The van der Waals surface area contributed by atoms with Crippen LogP contribution in [-0.2, 0) is 33.4 Å². The van der Waals surface area contributed by atoms with Crippen LogP contribution in [0.15, 0.2) is 55.6 Å². The number of benzene rings is 1. The van der Waals surface area contributed by atoms with Crippen LogP contribution in [0.25, 0.3) is 0 Å². The second-order valence-electron chi connectivity index (χ2n) is 13.7. The number of carbonyl (C=O) groups excluding carboxylic acids is 4. The summed E-state index contributed by atoms with van der Waals surface area (Å²) in [4.78, 5) is 59.8. The molecular weight excluding hydrogens is 706 g/mol. The Labute approximate surface area is 304 Å². The fraction of sp³-hybridized carbons (Fsp3) is 0.632. The van der Waals surface area contributed by atoms with Gasteiger partial charge in [-0.15, -0.1) is 13.2 Å². The summed E-state index contributed by atoms with van der Waals surface area (Å²) in [5.41, 5.74) is -0.683. The lowest BCUT2D eigenvalue weighted by molar-refractivity contribution is -0.163. The van der Waals surface area contributed by atoms with Crippen molar-refractivity contribution < 1.29 is 38.5 Å². The monoisotopic (exact) mass is 759 g/mol. The van der Waals surface area contributed by atoms with E-state index < -0.39 is 59.6 Å². The molecule has 276 valence electrons. The van der Waals surface area contributed by atoms with E-state index in [1.165, 1.54) is 12.0 Å². The third kappa shape index (κ3) is 7.88. The van der Waals surface area contributed by atoms with Gasteiger partial charge in [0.25, 0.3) is 0 Å². The Hall–Kier alpha value is -3.06. The van der Waals surface area contributed by atoms with E-state index in [1.54, 1.807) is 17.1 Å². The number of aliphatic hydroxyl groups excluding tert-OH is 1. The van der Waals surface area contributed by atoms with Gasteiger partial charge < -0.3 is 34.4 Å². The van der Waals surface area contributed by atoms with Gasteiger partial charge in [0.15, 0.2) is 0 Å². The number of carbonyl (C=O) groups is 4. The van der Waals surface area contributed by atoms with E-state index in [4.69, 9.17) is 14.2 Å². The average Bonchev–Trinajstić information content (AvgIpc) is 3.71. The number of likely N-dealkylation sites (tertiary alicyclic amines) is 1. The molecule has 0 saturated carbocycles. The lowest BCUT2D eigenvalue weighted by Crippen LogP contribution is -2.60. The van der Waals surface area contributed by atoms with Gasteiger partial charge in [-0.3, -0.25) is 19.2 Å². The van der Waals surface area contributed by atoms with Crippen molar-refractivity contribution in [3.63, 3.8) is 0 Å². The van der Waals surface area contributed by atoms with Gasteiger partial charge in [0.1, 0.15) is 17.7 Å². The quantitative estimate of drug-likeness (QED) is 0.114. The summed E-state index contributed by atoms with van der Waals surface area (Å²) >= 11 is 3.74. The van der Waals surface area contributed by atoms with Crippen LogP contribution in [0.4, 0.5) is 0 Å². The first-order valence-corrected chi connectivity index (χ1v) is 18.8. The summed E-state index contributed by atoms with van der Waals surface area (Å²) in [6.45, 7) is 14.0. The highest BCUT2D eigenvalue weighted by molar-refractivity contribution is 9.09. The molecule has 10 atom stereocenters. The van der Waals surface area contributed by atoms with Gasteiger partial charge in [-0.25, -0.2) is 0 Å². The first-order chi connectivity index (χ1) is 24.0. The molecule has 4 rings (SSSR count). The highest BCUT2D eigenvalue weighted by atomic mass is 79.9. The van der Waals surface area contributed by atoms with Gasteiger partial charge in [-0.05, 0) is 30.7 Å². The van der Waals surface area contributed by atoms with E-state index >= 15 is 0 Å². The molecule has 2 N–H and O–H groups in total. The summed E-state index contributed by atoms with van der Waals surface area (Å²) in [7, 11) is 1.50. The number of rotatable bonds is 20. The first-order valence-electron chi connectivity index (χ1n) is 17.8. The smallest absolute Gasteiger partial charge is 0.313 e. The first kappa shape index (κ1) is 39.7. The van der Waals surface area contributed by atoms with Crippen LogP contribution in [0.1, 0.15) is 71.0 Å². The van der Waals surface area contributed by atoms with Gasteiger partial charge in [-0.1, -0.05) is 92.0 Å². The predicted molar refractivity (Wildman–Crippen MR) is 193 cm³/mol. The highest BCUT2D eigenvalue weighted by Crippen LogP contribution is 2.61.